The van der Waals surface area contributed by atoms with E-state index in [1.165, 1.54) is 12.0 Å². The molecule has 1 heterocycles. The van der Waals surface area contributed by atoms with E-state index in [0.717, 1.165) is 12.8 Å². The third kappa shape index (κ3) is 2.13. The van der Waals surface area contributed by atoms with Crippen molar-refractivity contribution in [2.75, 3.05) is 0 Å². The van der Waals surface area contributed by atoms with Crippen LogP contribution in [0.4, 0.5) is 4.79 Å². The van der Waals surface area contributed by atoms with Gasteiger partial charge in [0.15, 0.2) is 0 Å². The van der Waals surface area contributed by atoms with Gasteiger partial charge in [0, 0.05) is 5.57 Å². The van der Waals surface area contributed by atoms with E-state index in [0.29, 0.717) is 11.3 Å². The monoisotopic (exact) mass is 206 g/mol. The van der Waals surface area contributed by atoms with E-state index in [2.05, 4.69) is 37.0 Å². The first kappa shape index (κ1) is 10.4. The van der Waals surface area contributed by atoms with Gasteiger partial charge in [-0.3, -0.25) is 0 Å². The van der Waals surface area contributed by atoms with E-state index in [1.54, 1.807) is 0 Å². The molecule has 82 valence electrons. The van der Waals surface area contributed by atoms with E-state index in [1.807, 2.05) is 0 Å². The highest BCUT2D eigenvalue weighted by atomic mass is 16.2. The number of fused-ring (bicyclic) bond motifs is 1. The fourth-order valence-electron chi connectivity index (χ4n) is 2.42. The first-order chi connectivity index (χ1) is 6.97. The summed E-state index contributed by atoms with van der Waals surface area (Å²) in [5, 5.41) is 2.92. The number of rotatable bonds is 0. The Kier molecular flexibility index (Phi) is 2.43. The van der Waals surface area contributed by atoms with Crippen molar-refractivity contribution in [1.82, 2.24) is 5.32 Å². The lowest BCUT2D eigenvalue weighted by molar-refractivity contribution is 0.178. The number of amides is 2. The molecule has 2 atom stereocenters. The molecule has 1 fully saturated rings. The highest BCUT2D eigenvalue weighted by molar-refractivity contribution is 5.86. The minimum absolute atomic E-state index is 0.188. The lowest BCUT2D eigenvalue weighted by Gasteiger charge is -2.38. The summed E-state index contributed by atoms with van der Waals surface area (Å²) in [6.45, 7) is 6.81. The van der Waals surface area contributed by atoms with Gasteiger partial charge in [0.05, 0.1) is 6.04 Å². The molecule has 3 nitrogen and oxygen atoms in total. The predicted octanol–water partition coefficient (Wildman–Crippen LogP) is 2.52. The van der Waals surface area contributed by atoms with Gasteiger partial charge in [-0.2, -0.15) is 0 Å². The predicted molar refractivity (Wildman–Crippen MR) is 60.1 cm³/mol. The SMILES string of the molecule is CC(C)(C)C1CCC2=C=NC(=O)NC2C1. The van der Waals surface area contributed by atoms with Gasteiger partial charge in [0.2, 0.25) is 0 Å². The topological polar surface area (TPSA) is 41.5 Å². The maximum absolute atomic E-state index is 11.1. The van der Waals surface area contributed by atoms with E-state index >= 15 is 0 Å². The molecule has 2 unspecified atom stereocenters. The molecule has 1 saturated carbocycles. The largest absolute Gasteiger partial charge is 0.349 e. The van der Waals surface area contributed by atoms with Gasteiger partial charge < -0.3 is 5.32 Å². The molecule has 2 aliphatic rings. The maximum Gasteiger partial charge on any atom is 0.349 e. The van der Waals surface area contributed by atoms with Crippen molar-refractivity contribution in [1.29, 1.82) is 0 Å². The smallest absolute Gasteiger partial charge is 0.329 e. The summed E-state index contributed by atoms with van der Waals surface area (Å²) >= 11 is 0. The van der Waals surface area contributed by atoms with Gasteiger partial charge in [-0.15, -0.1) is 4.99 Å². The van der Waals surface area contributed by atoms with Crippen LogP contribution in [0.2, 0.25) is 0 Å². The molecule has 0 aromatic rings. The summed E-state index contributed by atoms with van der Waals surface area (Å²) in [6, 6.07) is -0.0497. The quantitative estimate of drug-likeness (QED) is 0.650. The van der Waals surface area contributed by atoms with Crippen LogP contribution in [-0.2, 0) is 0 Å². The summed E-state index contributed by atoms with van der Waals surface area (Å²) < 4.78 is 0. The van der Waals surface area contributed by atoms with Crippen molar-refractivity contribution >= 4 is 11.9 Å². The van der Waals surface area contributed by atoms with Crippen LogP contribution >= 0.6 is 0 Å². The molecule has 2 rings (SSSR count). The summed E-state index contributed by atoms with van der Waals surface area (Å²) in [7, 11) is 0. The van der Waals surface area contributed by atoms with Crippen molar-refractivity contribution in [3.8, 4) is 0 Å². The minimum Gasteiger partial charge on any atom is -0.329 e. The Morgan fingerprint density at radius 3 is 2.87 bits per heavy atom. The first-order valence-electron chi connectivity index (χ1n) is 5.60. The molecule has 1 N–H and O–H groups in total. The Balaban J connectivity index is 2.15. The molecule has 0 spiro atoms. The second-order valence-corrected chi connectivity index (χ2v) is 5.59. The number of nitrogens with one attached hydrogen (secondary N) is 1. The number of carbonyl (C=O) groups is 1. The molecule has 3 heteroatoms. The van der Waals surface area contributed by atoms with Crippen LogP contribution < -0.4 is 5.32 Å². The average Bonchev–Trinajstić information content (AvgIpc) is 2.15. The second kappa shape index (κ2) is 3.49. The van der Waals surface area contributed by atoms with Crippen LogP contribution in [0, 0.1) is 11.3 Å². The molecule has 0 aromatic heterocycles. The number of hydrogen-bond donors (Lipinski definition) is 1. The van der Waals surface area contributed by atoms with Gasteiger partial charge in [-0.1, -0.05) is 20.8 Å². The van der Waals surface area contributed by atoms with Crippen LogP contribution in [0.3, 0.4) is 0 Å². The Morgan fingerprint density at radius 2 is 2.20 bits per heavy atom. The summed E-state index contributed by atoms with van der Waals surface area (Å²) in [4.78, 5) is 14.8. The number of urea groups is 1. The van der Waals surface area contributed by atoms with E-state index in [9.17, 15) is 4.79 Å². The lowest BCUT2D eigenvalue weighted by atomic mass is 9.69. The third-order valence-electron chi connectivity index (χ3n) is 3.53. The van der Waals surface area contributed by atoms with Gasteiger partial charge in [0.25, 0.3) is 0 Å². The summed E-state index contributed by atoms with van der Waals surface area (Å²) in [5.41, 5.74) is 1.50. The average molecular weight is 206 g/mol. The fourth-order valence-corrected chi connectivity index (χ4v) is 2.42. The molecule has 15 heavy (non-hydrogen) atoms. The number of carbonyl (C=O) groups excluding carboxylic acids is 1. The van der Waals surface area contributed by atoms with Gasteiger partial charge in [-0.05, 0) is 36.5 Å². The Morgan fingerprint density at radius 1 is 1.47 bits per heavy atom. The van der Waals surface area contributed by atoms with E-state index in [-0.39, 0.29) is 12.1 Å². The zero-order valence-electron chi connectivity index (χ0n) is 9.63. The molecule has 1 aliphatic heterocycles. The van der Waals surface area contributed by atoms with E-state index < -0.39 is 0 Å². The van der Waals surface area contributed by atoms with Crippen LogP contribution in [-0.4, -0.2) is 17.9 Å². The minimum atomic E-state index is -0.238. The fraction of sp³-hybridized carbons (Fsp3) is 0.750. The maximum atomic E-state index is 11.1. The Labute approximate surface area is 90.7 Å². The third-order valence-corrected chi connectivity index (χ3v) is 3.53. The van der Waals surface area contributed by atoms with Crippen LogP contribution in [0.15, 0.2) is 10.6 Å². The first-order valence-corrected chi connectivity index (χ1v) is 5.60. The lowest BCUT2D eigenvalue weighted by Crippen LogP contribution is -2.43. The van der Waals surface area contributed by atoms with Crippen LogP contribution in [0.25, 0.3) is 0 Å². The molecule has 0 bridgehead atoms. The highest BCUT2D eigenvalue weighted by Gasteiger charge is 2.34. The summed E-state index contributed by atoms with van der Waals surface area (Å²) in [6.07, 6.45) is 3.25. The molecule has 0 aromatic carbocycles. The van der Waals surface area contributed by atoms with Crippen LogP contribution in [0.5, 0.6) is 0 Å². The zero-order chi connectivity index (χ0) is 11.1. The van der Waals surface area contributed by atoms with Crippen molar-refractivity contribution in [2.24, 2.45) is 16.3 Å². The van der Waals surface area contributed by atoms with Crippen molar-refractivity contribution in [3.05, 3.63) is 5.57 Å². The normalized spacial score (nSPS) is 30.6. The molecule has 0 saturated heterocycles. The summed E-state index contributed by atoms with van der Waals surface area (Å²) in [5.74, 6) is 3.55. The van der Waals surface area contributed by atoms with Gasteiger partial charge in [0.1, 0.15) is 0 Å². The molecule has 1 aliphatic carbocycles. The number of nitrogens with zero attached hydrogens (tertiary/aromatic N) is 1. The number of aliphatic imine (C=N–C) groups is 1. The Bertz CT molecular complexity index is 345. The number of hydrogen-bond acceptors (Lipinski definition) is 1. The highest BCUT2D eigenvalue weighted by Crippen LogP contribution is 2.39. The van der Waals surface area contributed by atoms with Crippen molar-refractivity contribution < 1.29 is 4.79 Å². The van der Waals surface area contributed by atoms with Gasteiger partial charge >= 0.3 is 6.03 Å². The second-order valence-electron chi connectivity index (χ2n) is 5.59. The van der Waals surface area contributed by atoms with Gasteiger partial charge in [-0.25, -0.2) is 4.79 Å². The molecule has 2 amide bonds. The van der Waals surface area contributed by atoms with Crippen molar-refractivity contribution in [3.63, 3.8) is 0 Å². The standard InChI is InChI=1S/C12H18N2O/c1-12(2,3)9-5-4-8-7-13-11(15)14-10(8)6-9/h9-10H,4-6H2,1-3H3,(H,14,15). The van der Waals surface area contributed by atoms with E-state index in [4.69, 9.17) is 0 Å². The van der Waals surface area contributed by atoms with Crippen LogP contribution in [0.1, 0.15) is 40.0 Å². The Hall–Kier alpha value is -1.08. The molecular weight excluding hydrogens is 188 g/mol. The molecule has 0 radical (unpaired) electrons. The van der Waals surface area contributed by atoms with Crippen molar-refractivity contribution in [2.45, 2.75) is 46.1 Å². The molecular formula is C12H18N2O. The zero-order valence-corrected chi connectivity index (χ0v) is 9.63.